The van der Waals surface area contributed by atoms with Crippen LogP contribution in [0.5, 0.6) is 5.75 Å². The van der Waals surface area contributed by atoms with Crippen LogP contribution >= 0.6 is 0 Å². The number of methoxy groups -OCH3 is 1. The highest BCUT2D eigenvalue weighted by molar-refractivity contribution is 6.03. The third-order valence-electron chi connectivity index (χ3n) is 4.33. The average molecular weight is 390 g/mol. The number of Topliss-reactive ketones (excluding diaryl/α,β-unsaturated/α-hetero) is 1. The van der Waals surface area contributed by atoms with Crippen molar-refractivity contribution >= 4 is 23.2 Å². The van der Waals surface area contributed by atoms with Crippen LogP contribution in [0.15, 0.2) is 60.9 Å². The number of nitrogens with one attached hydrogen (secondary N) is 2. The number of ether oxygens (including phenoxy) is 1. The van der Waals surface area contributed by atoms with Crippen LogP contribution in [0.1, 0.15) is 33.3 Å². The van der Waals surface area contributed by atoms with Gasteiger partial charge in [0.15, 0.2) is 5.78 Å². The van der Waals surface area contributed by atoms with Gasteiger partial charge in [-0.15, -0.1) is 0 Å². The zero-order chi connectivity index (χ0) is 20.6. The van der Waals surface area contributed by atoms with Gasteiger partial charge in [0.1, 0.15) is 23.6 Å². The van der Waals surface area contributed by atoms with Crippen molar-refractivity contribution in [2.24, 2.45) is 0 Å². The molecule has 0 aliphatic rings. The Bertz CT molecular complexity index is 986. The molecule has 7 heteroatoms. The lowest BCUT2D eigenvalue weighted by molar-refractivity contribution is 0.101. The van der Waals surface area contributed by atoms with Crippen LogP contribution in [0.25, 0.3) is 0 Å². The first kappa shape index (κ1) is 20.0. The molecule has 2 aromatic carbocycles. The fourth-order valence-corrected chi connectivity index (χ4v) is 2.69. The molecule has 0 saturated carbocycles. The molecule has 0 unspecified atom stereocenters. The summed E-state index contributed by atoms with van der Waals surface area (Å²) < 4.78 is 5.15. The summed E-state index contributed by atoms with van der Waals surface area (Å²) in [6.45, 7) is 2.16. The van der Waals surface area contributed by atoms with E-state index < -0.39 is 0 Å². The number of hydrogen-bond acceptors (Lipinski definition) is 6. The average Bonchev–Trinajstić information content (AvgIpc) is 2.75. The molecule has 0 bridgehead atoms. The maximum Gasteiger partial charge on any atom is 0.274 e. The molecular weight excluding hydrogens is 368 g/mol. The first-order valence-corrected chi connectivity index (χ1v) is 9.16. The fraction of sp³-hybridized carbons (Fsp3) is 0.182. The predicted molar refractivity (Wildman–Crippen MR) is 112 cm³/mol. The lowest BCUT2D eigenvalue weighted by Gasteiger charge is -2.08. The van der Waals surface area contributed by atoms with E-state index in [0.29, 0.717) is 23.6 Å². The van der Waals surface area contributed by atoms with E-state index in [1.165, 1.54) is 18.8 Å². The van der Waals surface area contributed by atoms with E-state index in [0.717, 1.165) is 12.2 Å². The lowest BCUT2D eigenvalue weighted by Crippen LogP contribution is -2.15. The molecule has 7 nitrogen and oxygen atoms in total. The second-order valence-electron chi connectivity index (χ2n) is 6.40. The molecule has 0 aliphatic heterocycles. The van der Waals surface area contributed by atoms with Crippen molar-refractivity contribution in [3.05, 3.63) is 77.7 Å². The third-order valence-corrected chi connectivity index (χ3v) is 4.33. The smallest absolute Gasteiger partial charge is 0.274 e. The number of rotatable bonds is 8. The molecular formula is C22H22N4O3. The van der Waals surface area contributed by atoms with Gasteiger partial charge in [0.05, 0.1) is 7.11 Å². The topological polar surface area (TPSA) is 93.2 Å². The van der Waals surface area contributed by atoms with Gasteiger partial charge in [0.2, 0.25) is 0 Å². The van der Waals surface area contributed by atoms with E-state index in [4.69, 9.17) is 4.74 Å². The second-order valence-corrected chi connectivity index (χ2v) is 6.40. The molecule has 148 valence electrons. The maximum absolute atomic E-state index is 12.4. The first-order valence-electron chi connectivity index (χ1n) is 9.16. The van der Waals surface area contributed by atoms with Crippen molar-refractivity contribution in [3.63, 3.8) is 0 Å². The Morgan fingerprint density at radius 3 is 2.38 bits per heavy atom. The zero-order valence-corrected chi connectivity index (χ0v) is 16.3. The van der Waals surface area contributed by atoms with Gasteiger partial charge in [-0.05, 0) is 55.3 Å². The molecule has 2 N–H and O–H groups in total. The molecule has 0 atom stereocenters. The third kappa shape index (κ3) is 5.62. The Kier molecular flexibility index (Phi) is 6.52. The number of ketones is 1. The minimum absolute atomic E-state index is 0.0240. The summed E-state index contributed by atoms with van der Waals surface area (Å²) >= 11 is 0. The van der Waals surface area contributed by atoms with Crippen molar-refractivity contribution in [2.45, 2.75) is 13.3 Å². The van der Waals surface area contributed by atoms with E-state index in [1.807, 2.05) is 24.3 Å². The molecule has 1 heterocycles. The summed E-state index contributed by atoms with van der Waals surface area (Å²) in [5.74, 6) is 1.03. The minimum atomic E-state index is -0.346. The predicted octanol–water partition coefficient (Wildman–Crippen LogP) is 3.59. The van der Waals surface area contributed by atoms with Crippen LogP contribution in [-0.4, -0.2) is 35.3 Å². The molecule has 1 aromatic heterocycles. The van der Waals surface area contributed by atoms with Gasteiger partial charge in [0, 0.05) is 23.9 Å². The molecule has 0 fully saturated rings. The number of amides is 1. The van der Waals surface area contributed by atoms with Gasteiger partial charge in [-0.1, -0.05) is 12.1 Å². The van der Waals surface area contributed by atoms with Crippen molar-refractivity contribution in [1.82, 2.24) is 9.97 Å². The molecule has 3 rings (SSSR count). The van der Waals surface area contributed by atoms with Crippen LogP contribution in [0.4, 0.5) is 11.5 Å². The van der Waals surface area contributed by atoms with E-state index in [2.05, 4.69) is 20.6 Å². The van der Waals surface area contributed by atoms with Crippen LogP contribution in [0.2, 0.25) is 0 Å². The summed E-state index contributed by atoms with van der Waals surface area (Å²) in [6.07, 6.45) is 2.15. The highest BCUT2D eigenvalue weighted by Crippen LogP contribution is 2.14. The number of hydrogen-bond donors (Lipinski definition) is 2. The summed E-state index contributed by atoms with van der Waals surface area (Å²) in [5.41, 5.74) is 2.60. The summed E-state index contributed by atoms with van der Waals surface area (Å²) in [7, 11) is 1.64. The summed E-state index contributed by atoms with van der Waals surface area (Å²) in [4.78, 5) is 32.0. The monoisotopic (exact) mass is 390 g/mol. The Morgan fingerprint density at radius 2 is 1.72 bits per heavy atom. The van der Waals surface area contributed by atoms with Crippen LogP contribution in [0, 0.1) is 0 Å². The van der Waals surface area contributed by atoms with E-state index in [1.54, 1.807) is 37.4 Å². The standard InChI is InChI=1S/C22H22N4O3/c1-15(27)17-5-7-18(8-6-17)26-22(28)20-13-21(25-14-24-20)23-12-11-16-3-9-19(29-2)10-4-16/h3-10,13-14H,11-12H2,1-2H3,(H,26,28)(H,23,24,25). The first-order chi connectivity index (χ1) is 14.0. The SMILES string of the molecule is COc1ccc(CCNc2cc(C(=O)Nc3ccc(C(C)=O)cc3)ncn2)cc1. The van der Waals surface area contributed by atoms with Crippen molar-refractivity contribution in [3.8, 4) is 5.75 Å². The lowest BCUT2D eigenvalue weighted by atomic mass is 10.1. The van der Waals surface area contributed by atoms with Crippen molar-refractivity contribution < 1.29 is 14.3 Å². The van der Waals surface area contributed by atoms with Crippen molar-refractivity contribution in [2.75, 3.05) is 24.3 Å². The van der Waals surface area contributed by atoms with Crippen LogP contribution in [-0.2, 0) is 6.42 Å². The fourth-order valence-electron chi connectivity index (χ4n) is 2.69. The molecule has 29 heavy (non-hydrogen) atoms. The van der Waals surface area contributed by atoms with Gasteiger partial charge in [0.25, 0.3) is 5.91 Å². The van der Waals surface area contributed by atoms with Gasteiger partial charge in [-0.2, -0.15) is 0 Å². The molecule has 0 radical (unpaired) electrons. The van der Waals surface area contributed by atoms with Crippen molar-refractivity contribution in [1.29, 1.82) is 0 Å². The molecule has 0 saturated heterocycles. The number of carbonyl (C=O) groups is 2. The molecule has 1 amide bonds. The highest BCUT2D eigenvalue weighted by Gasteiger charge is 2.10. The number of anilines is 2. The number of aromatic nitrogens is 2. The largest absolute Gasteiger partial charge is 0.497 e. The Labute approximate surface area is 169 Å². The molecule has 3 aromatic rings. The summed E-state index contributed by atoms with van der Waals surface area (Å²) in [5, 5.41) is 5.97. The number of carbonyl (C=O) groups excluding carboxylic acids is 2. The van der Waals surface area contributed by atoms with Gasteiger partial charge < -0.3 is 15.4 Å². The van der Waals surface area contributed by atoms with Crippen LogP contribution in [0.3, 0.4) is 0 Å². The highest BCUT2D eigenvalue weighted by atomic mass is 16.5. The van der Waals surface area contributed by atoms with E-state index in [9.17, 15) is 9.59 Å². The maximum atomic E-state index is 12.4. The van der Waals surface area contributed by atoms with Gasteiger partial charge in [-0.25, -0.2) is 9.97 Å². The van der Waals surface area contributed by atoms with E-state index in [-0.39, 0.29) is 17.4 Å². The number of nitrogens with zero attached hydrogens (tertiary/aromatic N) is 2. The zero-order valence-electron chi connectivity index (χ0n) is 16.3. The van der Waals surface area contributed by atoms with Gasteiger partial charge in [-0.3, -0.25) is 9.59 Å². The quantitative estimate of drug-likeness (QED) is 0.571. The Morgan fingerprint density at radius 1 is 1.00 bits per heavy atom. The van der Waals surface area contributed by atoms with E-state index >= 15 is 0 Å². The Hall–Kier alpha value is -3.74. The summed E-state index contributed by atoms with van der Waals surface area (Å²) in [6, 6.07) is 16.2. The molecule has 0 spiro atoms. The van der Waals surface area contributed by atoms with Gasteiger partial charge >= 0.3 is 0 Å². The van der Waals surface area contributed by atoms with Crippen LogP contribution < -0.4 is 15.4 Å². The number of benzene rings is 2. The Balaban J connectivity index is 1.56. The second kappa shape index (κ2) is 9.45. The normalized spacial score (nSPS) is 10.3. The molecule has 0 aliphatic carbocycles. The minimum Gasteiger partial charge on any atom is -0.497 e.